The van der Waals surface area contributed by atoms with Gasteiger partial charge < -0.3 is 4.90 Å². The molecule has 0 spiro atoms. The number of carbonyl (C=O) groups excluding carboxylic acids is 1. The number of benzene rings is 1. The summed E-state index contributed by atoms with van der Waals surface area (Å²) in [5.74, 6) is -0.0493. The Morgan fingerprint density at radius 1 is 1.31 bits per heavy atom. The van der Waals surface area contributed by atoms with E-state index in [4.69, 9.17) is 0 Å². The maximum Gasteiger partial charge on any atom is 0.251 e. The molecule has 1 amide bonds. The lowest BCUT2D eigenvalue weighted by Crippen LogP contribution is -2.35. The molecule has 0 saturated heterocycles. The van der Waals surface area contributed by atoms with Crippen molar-refractivity contribution in [2.45, 2.75) is 38.1 Å². The summed E-state index contributed by atoms with van der Waals surface area (Å²) in [4.78, 5) is 14.8. The summed E-state index contributed by atoms with van der Waals surface area (Å²) in [5, 5.41) is 4.13. The van der Waals surface area contributed by atoms with Gasteiger partial charge in [-0.1, -0.05) is 13.8 Å². The van der Waals surface area contributed by atoms with Crippen LogP contribution in [-0.4, -0.2) is 48.0 Å². The zero-order valence-corrected chi connectivity index (χ0v) is 16.1. The summed E-state index contributed by atoms with van der Waals surface area (Å²) >= 11 is 0. The number of hydrogen-bond acceptors (Lipinski definition) is 4. The van der Waals surface area contributed by atoms with Gasteiger partial charge in [-0.25, -0.2) is 8.42 Å². The molecule has 0 bridgehead atoms. The van der Waals surface area contributed by atoms with Crippen molar-refractivity contribution in [1.29, 1.82) is 0 Å². The van der Waals surface area contributed by atoms with E-state index in [1.165, 1.54) is 4.31 Å². The van der Waals surface area contributed by atoms with Gasteiger partial charge in [0.25, 0.3) is 5.91 Å². The van der Waals surface area contributed by atoms with Crippen molar-refractivity contribution in [3.8, 4) is 0 Å². The summed E-state index contributed by atoms with van der Waals surface area (Å²) in [7, 11) is -3.50. The number of carbonyl (C=O) groups is 1. The van der Waals surface area contributed by atoms with Crippen molar-refractivity contribution in [2.75, 3.05) is 24.5 Å². The lowest BCUT2D eigenvalue weighted by Gasteiger charge is -2.22. The Labute approximate surface area is 154 Å². The number of sulfonamides is 1. The average Bonchev–Trinajstić information content (AvgIpc) is 3.30. The largest absolute Gasteiger partial charge is 0.310 e. The first-order valence-electron chi connectivity index (χ1n) is 8.83. The molecule has 1 aromatic carbocycles. The van der Waals surface area contributed by atoms with Gasteiger partial charge in [0.2, 0.25) is 10.0 Å². The predicted octanol–water partition coefficient (Wildman–Crippen LogP) is 2.06. The van der Waals surface area contributed by atoms with Crippen LogP contribution < -0.4 is 4.90 Å². The van der Waals surface area contributed by atoms with Crippen molar-refractivity contribution in [2.24, 2.45) is 0 Å². The van der Waals surface area contributed by atoms with E-state index >= 15 is 0 Å². The van der Waals surface area contributed by atoms with Crippen molar-refractivity contribution in [1.82, 2.24) is 14.1 Å². The van der Waals surface area contributed by atoms with Crippen LogP contribution in [0, 0.1) is 0 Å². The average molecular weight is 376 g/mol. The molecule has 2 aromatic rings. The Morgan fingerprint density at radius 3 is 2.65 bits per heavy atom. The van der Waals surface area contributed by atoms with Crippen molar-refractivity contribution in [3.05, 3.63) is 42.2 Å². The first-order chi connectivity index (χ1) is 12.4. The van der Waals surface area contributed by atoms with Gasteiger partial charge in [0, 0.05) is 37.7 Å². The van der Waals surface area contributed by atoms with Gasteiger partial charge in [-0.2, -0.15) is 9.40 Å². The molecule has 1 aliphatic rings. The molecular weight excluding hydrogens is 352 g/mol. The second-order valence-corrected chi connectivity index (χ2v) is 8.22. The first-order valence-corrected chi connectivity index (χ1v) is 10.3. The van der Waals surface area contributed by atoms with Gasteiger partial charge in [0.1, 0.15) is 6.04 Å². The smallest absolute Gasteiger partial charge is 0.251 e. The third-order valence-corrected chi connectivity index (χ3v) is 6.88. The molecule has 0 aliphatic carbocycles. The Balaban J connectivity index is 1.88. The fourth-order valence-corrected chi connectivity index (χ4v) is 4.84. The Hall–Kier alpha value is -2.19. The number of rotatable bonds is 6. The third-order valence-electron chi connectivity index (χ3n) is 4.83. The SMILES string of the molecule is CCN(CC)S(=O)(=O)c1ccc2c(c1)CCN2C(=O)C(C)n1cccn1. The fourth-order valence-electron chi connectivity index (χ4n) is 3.33. The lowest BCUT2D eigenvalue weighted by atomic mass is 10.2. The van der Waals surface area contributed by atoms with Gasteiger partial charge in [0.05, 0.1) is 4.90 Å². The Morgan fingerprint density at radius 2 is 2.04 bits per heavy atom. The summed E-state index contributed by atoms with van der Waals surface area (Å²) in [6.45, 7) is 6.88. The summed E-state index contributed by atoms with van der Waals surface area (Å²) in [5.41, 5.74) is 1.67. The van der Waals surface area contributed by atoms with Crippen LogP contribution in [0.4, 0.5) is 5.69 Å². The minimum Gasteiger partial charge on any atom is -0.310 e. The third kappa shape index (κ3) is 3.14. The van der Waals surface area contributed by atoms with E-state index in [1.807, 2.05) is 20.8 Å². The lowest BCUT2D eigenvalue weighted by molar-refractivity contribution is -0.121. The normalized spacial score (nSPS) is 15.3. The van der Waals surface area contributed by atoms with Gasteiger partial charge in [-0.15, -0.1) is 0 Å². The molecule has 8 heteroatoms. The molecule has 0 radical (unpaired) electrons. The van der Waals surface area contributed by atoms with Gasteiger partial charge >= 0.3 is 0 Å². The molecule has 7 nitrogen and oxygen atoms in total. The van der Waals surface area contributed by atoms with Crippen LogP contribution in [0.25, 0.3) is 0 Å². The maximum absolute atomic E-state index is 12.8. The number of hydrogen-bond donors (Lipinski definition) is 0. The molecule has 0 N–H and O–H groups in total. The Bertz CT molecular complexity index is 889. The highest BCUT2D eigenvalue weighted by Crippen LogP contribution is 2.32. The molecule has 0 fully saturated rings. The van der Waals surface area contributed by atoms with Crippen LogP contribution in [0.2, 0.25) is 0 Å². The van der Waals surface area contributed by atoms with Crippen LogP contribution in [0.3, 0.4) is 0 Å². The molecule has 1 atom stereocenters. The van der Waals surface area contributed by atoms with E-state index in [9.17, 15) is 13.2 Å². The number of amides is 1. The highest BCUT2D eigenvalue weighted by atomic mass is 32.2. The highest BCUT2D eigenvalue weighted by molar-refractivity contribution is 7.89. The second kappa shape index (κ2) is 7.20. The topological polar surface area (TPSA) is 75.5 Å². The van der Waals surface area contributed by atoms with E-state index in [0.717, 1.165) is 11.3 Å². The standard InChI is InChI=1S/C18H24N4O3S/c1-4-20(5-2)26(24,25)16-7-8-17-15(13-16)9-12-21(17)18(23)14(3)22-11-6-10-19-22/h6-8,10-11,13-14H,4-5,9,12H2,1-3H3. The summed E-state index contributed by atoms with van der Waals surface area (Å²) in [6, 6.07) is 6.42. The van der Waals surface area contributed by atoms with Crippen LogP contribution >= 0.6 is 0 Å². The van der Waals surface area contributed by atoms with E-state index < -0.39 is 16.1 Å². The van der Waals surface area contributed by atoms with Gasteiger partial charge in [0.15, 0.2) is 0 Å². The molecule has 2 heterocycles. The Kier molecular flexibility index (Phi) is 5.15. The molecular formula is C18H24N4O3S. The molecule has 1 aliphatic heterocycles. The zero-order chi connectivity index (χ0) is 18.9. The van der Waals surface area contributed by atoms with E-state index in [-0.39, 0.29) is 10.8 Å². The molecule has 3 rings (SSSR count). The maximum atomic E-state index is 12.8. The quantitative estimate of drug-likeness (QED) is 0.773. The number of fused-ring (bicyclic) bond motifs is 1. The zero-order valence-electron chi connectivity index (χ0n) is 15.3. The van der Waals surface area contributed by atoms with Crippen molar-refractivity contribution < 1.29 is 13.2 Å². The highest BCUT2D eigenvalue weighted by Gasteiger charge is 2.31. The summed E-state index contributed by atoms with van der Waals surface area (Å²) < 4.78 is 28.5. The van der Waals surface area contributed by atoms with Crippen LogP contribution in [-0.2, 0) is 21.2 Å². The minimum absolute atomic E-state index is 0.0493. The van der Waals surface area contributed by atoms with Gasteiger partial charge in [-0.3, -0.25) is 9.48 Å². The van der Waals surface area contributed by atoms with Crippen LogP contribution in [0.5, 0.6) is 0 Å². The van der Waals surface area contributed by atoms with E-state index in [1.54, 1.807) is 46.2 Å². The van der Waals surface area contributed by atoms with Gasteiger partial charge in [-0.05, 0) is 43.2 Å². The molecule has 1 aromatic heterocycles. The van der Waals surface area contributed by atoms with Crippen LogP contribution in [0.15, 0.2) is 41.6 Å². The van der Waals surface area contributed by atoms with E-state index in [0.29, 0.717) is 26.1 Å². The second-order valence-electron chi connectivity index (χ2n) is 6.28. The van der Waals surface area contributed by atoms with Crippen LogP contribution in [0.1, 0.15) is 32.4 Å². The minimum atomic E-state index is -3.50. The van der Waals surface area contributed by atoms with Crippen molar-refractivity contribution in [3.63, 3.8) is 0 Å². The molecule has 140 valence electrons. The fraction of sp³-hybridized carbons (Fsp3) is 0.444. The number of anilines is 1. The number of aromatic nitrogens is 2. The van der Waals surface area contributed by atoms with Crippen molar-refractivity contribution >= 4 is 21.6 Å². The first kappa shape index (κ1) is 18.6. The molecule has 0 saturated carbocycles. The molecule has 26 heavy (non-hydrogen) atoms. The monoisotopic (exact) mass is 376 g/mol. The summed E-state index contributed by atoms with van der Waals surface area (Å²) in [6.07, 6.45) is 4.06. The van der Waals surface area contributed by atoms with E-state index in [2.05, 4.69) is 5.10 Å². The number of nitrogens with zero attached hydrogens (tertiary/aromatic N) is 4. The predicted molar refractivity (Wildman–Crippen MR) is 99.5 cm³/mol. The molecule has 1 unspecified atom stereocenters.